The number of carboxylic acids is 1. The quantitative estimate of drug-likeness (QED) is 0.868. The number of thiophene rings is 1. The number of rotatable bonds is 3. The van der Waals surface area contributed by atoms with Crippen molar-refractivity contribution in [3.8, 4) is 10.8 Å². The number of aromatic nitrogens is 1. The lowest BCUT2D eigenvalue weighted by molar-refractivity contribution is 0.0689. The third-order valence-electron chi connectivity index (χ3n) is 1.95. The first-order chi connectivity index (χ1) is 7.22. The number of aryl methyl sites for hydroxylation is 1. The number of carboxylic acid groups (broad SMARTS) is 1. The van der Waals surface area contributed by atoms with Crippen LogP contribution in [0.2, 0.25) is 0 Å². The summed E-state index contributed by atoms with van der Waals surface area (Å²) in [6, 6.07) is 3.72. The highest BCUT2D eigenvalue weighted by Gasteiger charge is 2.18. The molecule has 0 atom stereocenters. The van der Waals surface area contributed by atoms with Gasteiger partial charge in [-0.25, -0.2) is 9.78 Å². The van der Waals surface area contributed by atoms with Crippen LogP contribution in [0.1, 0.15) is 23.2 Å². The highest BCUT2D eigenvalue weighted by atomic mass is 32.1. The van der Waals surface area contributed by atoms with Gasteiger partial charge in [0.1, 0.15) is 5.76 Å². The van der Waals surface area contributed by atoms with Crippen molar-refractivity contribution in [1.29, 1.82) is 0 Å². The van der Waals surface area contributed by atoms with Crippen molar-refractivity contribution in [1.82, 2.24) is 4.98 Å². The second-order valence-corrected chi connectivity index (χ2v) is 3.87. The lowest BCUT2D eigenvalue weighted by atomic mass is 10.3. The Kier molecular flexibility index (Phi) is 2.55. The van der Waals surface area contributed by atoms with E-state index in [1.165, 1.54) is 11.3 Å². The molecule has 0 bridgehead atoms. The summed E-state index contributed by atoms with van der Waals surface area (Å²) in [7, 11) is 0. The van der Waals surface area contributed by atoms with Crippen LogP contribution in [0.15, 0.2) is 21.9 Å². The summed E-state index contributed by atoms with van der Waals surface area (Å²) in [6.07, 6.45) is 0.528. The monoisotopic (exact) mass is 223 g/mol. The summed E-state index contributed by atoms with van der Waals surface area (Å²) in [4.78, 5) is 15.7. The van der Waals surface area contributed by atoms with Gasteiger partial charge >= 0.3 is 5.97 Å². The number of nitrogens with zero attached hydrogens (tertiary/aromatic N) is 1. The summed E-state index contributed by atoms with van der Waals surface area (Å²) in [6.45, 7) is 1.84. The molecule has 1 N–H and O–H groups in total. The number of hydrogen-bond donors (Lipinski definition) is 1. The third kappa shape index (κ3) is 1.78. The van der Waals surface area contributed by atoms with E-state index in [0.717, 1.165) is 4.88 Å². The first kappa shape index (κ1) is 9.92. The third-order valence-corrected chi connectivity index (χ3v) is 2.81. The SMILES string of the molecule is CCc1oc(-c2cccs2)nc1C(=O)O. The zero-order chi connectivity index (χ0) is 10.8. The van der Waals surface area contributed by atoms with E-state index in [-0.39, 0.29) is 5.69 Å². The van der Waals surface area contributed by atoms with Crippen molar-refractivity contribution in [3.05, 3.63) is 29.0 Å². The second-order valence-electron chi connectivity index (χ2n) is 2.93. The van der Waals surface area contributed by atoms with Crippen molar-refractivity contribution in [2.75, 3.05) is 0 Å². The molecule has 2 aromatic heterocycles. The van der Waals surface area contributed by atoms with Crippen LogP contribution in [0, 0.1) is 0 Å². The second kappa shape index (κ2) is 3.86. The Bertz CT molecular complexity index is 473. The van der Waals surface area contributed by atoms with E-state index in [9.17, 15) is 4.79 Å². The van der Waals surface area contributed by atoms with Crippen molar-refractivity contribution in [3.63, 3.8) is 0 Å². The largest absolute Gasteiger partial charge is 0.476 e. The van der Waals surface area contributed by atoms with Gasteiger partial charge in [-0.3, -0.25) is 0 Å². The number of oxazole rings is 1. The summed E-state index contributed by atoms with van der Waals surface area (Å²) >= 11 is 1.47. The average molecular weight is 223 g/mol. The minimum Gasteiger partial charge on any atom is -0.476 e. The molecule has 0 radical (unpaired) electrons. The van der Waals surface area contributed by atoms with Crippen molar-refractivity contribution in [2.24, 2.45) is 0 Å². The molecule has 0 fully saturated rings. The van der Waals surface area contributed by atoms with Gasteiger partial charge in [0.15, 0.2) is 5.69 Å². The number of aromatic carboxylic acids is 1. The molecule has 0 saturated heterocycles. The molecule has 0 amide bonds. The maximum absolute atomic E-state index is 10.8. The zero-order valence-electron chi connectivity index (χ0n) is 8.06. The number of hydrogen-bond acceptors (Lipinski definition) is 4. The Hall–Kier alpha value is -1.62. The molecule has 0 saturated carbocycles. The van der Waals surface area contributed by atoms with Gasteiger partial charge in [0.2, 0.25) is 5.89 Å². The molecule has 0 aromatic carbocycles. The molecule has 4 nitrogen and oxygen atoms in total. The highest BCUT2D eigenvalue weighted by Crippen LogP contribution is 2.26. The van der Waals surface area contributed by atoms with Crippen LogP contribution in [-0.2, 0) is 6.42 Å². The van der Waals surface area contributed by atoms with Gasteiger partial charge in [0, 0.05) is 6.42 Å². The van der Waals surface area contributed by atoms with Gasteiger partial charge < -0.3 is 9.52 Å². The minimum atomic E-state index is -1.04. The van der Waals surface area contributed by atoms with Gasteiger partial charge in [-0.05, 0) is 11.4 Å². The molecule has 0 aliphatic rings. The topological polar surface area (TPSA) is 63.3 Å². The van der Waals surface area contributed by atoms with Crippen molar-refractivity contribution in [2.45, 2.75) is 13.3 Å². The fraction of sp³-hybridized carbons (Fsp3) is 0.200. The maximum Gasteiger partial charge on any atom is 0.358 e. The molecule has 78 valence electrons. The van der Waals surface area contributed by atoms with E-state index < -0.39 is 5.97 Å². The Morgan fingerprint density at radius 3 is 2.93 bits per heavy atom. The predicted octanol–water partition coefficient (Wildman–Crippen LogP) is 2.66. The molecule has 5 heteroatoms. The molecule has 0 unspecified atom stereocenters. The molecule has 0 spiro atoms. The summed E-state index contributed by atoms with van der Waals surface area (Å²) in [5.74, 6) is -0.233. The van der Waals surface area contributed by atoms with Crippen LogP contribution in [0.4, 0.5) is 0 Å². The van der Waals surface area contributed by atoms with Gasteiger partial charge in [-0.1, -0.05) is 13.0 Å². The number of carbonyl (C=O) groups is 1. The summed E-state index contributed by atoms with van der Waals surface area (Å²) in [5, 5.41) is 10.8. The maximum atomic E-state index is 10.8. The summed E-state index contributed by atoms with van der Waals surface area (Å²) < 4.78 is 5.39. The molecular formula is C10H9NO3S. The van der Waals surface area contributed by atoms with E-state index in [0.29, 0.717) is 18.1 Å². The standard InChI is InChI=1S/C10H9NO3S/c1-2-6-8(10(12)13)11-9(14-6)7-4-3-5-15-7/h3-5H,2H2,1H3,(H,12,13). The van der Waals surface area contributed by atoms with Crippen LogP contribution in [0.3, 0.4) is 0 Å². The minimum absolute atomic E-state index is 0.0147. The van der Waals surface area contributed by atoms with Crippen molar-refractivity contribution < 1.29 is 14.3 Å². The van der Waals surface area contributed by atoms with Gasteiger partial charge in [0.05, 0.1) is 4.88 Å². The van der Waals surface area contributed by atoms with Gasteiger partial charge in [-0.15, -0.1) is 11.3 Å². The Labute approximate surface area is 90.2 Å². The first-order valence-corrected chi connectivity index (χ1v) is 5.37. The molecule has 2 heterocycles. The lowest BCUT2D eigenvalue weighted by Crippen LogP contribution is -2.00. The Morgan fingerprint density at radius 1 is 1.67 bits per heavy atom. The molecular weight excluding hydrogens is 214 g/mol. The first-order valence-electron chi connectivity index (χ1n) is 4.49. The van der Waals surface area contributed by atoms with Crippen molar-refractivity contribution >= 4 is 17.3 Å². The van der Waals surface area contributed by atoms with Crippen LogP contribution < -0.4 is 0 Å². The van der Waals surface area contributed by atoms with Crippen LogP contribution in [-0.4, -0.2) is 16.1 Å². The normalized spacial score (nSPS) is 10.5. The van der Waals surface area contributed by atoms with Gasteiger partial charge in [0.25, 0.3) is 0 Å². The molecule has 2 rings (SSSR count). The fourth-order valence-electron chi connectivity index (χ4n) is 1.26. The van der Waals surface area contributed by atoms with Crippen LogP contribution in [0.5, 0.6) is 0 Å². The average Bonchev–Trinajstić information content (AvgIpc) is 2.86. The van der Waals surface area contributed by atoms with Crippen LogP contribution in [0.25, 0.3) is 10.8 Å². The predicted molar refractivity (Wildman–Crippen MR) is 56.2 cm³/mol. The van der Waals surface area contributed by atoms with E-state index in [1.54, 1.807) is 0 Å². The Morgan fingerprint density at radius 2 is 2.47 bits per heavy atom. The summed E-state index contributed by atoms with van der Waals surface area (Å²) in [5.41, 5.74) is 0.0147. The fourth-order valence-corrected chi connectivity index (χ4v) is 1.91. The molecule has 0 aliphatic heterocycles. The van der Waals surface area contributed by atoms with Gasteiger partial charge in [-0.2, -0.15) is 0 Å². The zero-order valence-corrected chi connectivity index (χ0v) is 8.87. The lowest BCUT2D eigenvalue weighted by Gasteiger charge is -1.88. The van der Waals surface area contributed by atoms with E-state index >= 15 is 0 Å². The molecule has 0 aliphatic carbocycles. The van der Waals surface area contributed by atoms with E-state index in [1.807, 2.05) is 24.4 Å². The smallest absolute Gasteiger partial charge is 0.358 e. The molecule has 15 heavy (non-hydrogen) atoms. The van der Waals surface area contributed by atoms with E-state index in [4.69, 9.17) is 9.52 Å². The molecule has 2 aromatic rings. The highest BCUT2D eigenvalue weighted by molar-refractivity contribution is 7.13. The van der Waals surface area contributed by atoms with E-state index in [2.05, 4.69) is 4.98 Å². The van der Waals surface area contributed by atoms with Crippen LogP contribution >= 0.6 is 11.3 Å². The Balaban J connectivity index is 2.48.